The van der Waals surface area contributed by atoms with Crippen LogP contribution in [0.3, 0.4) is 0 Å². The number of phenolic OH excluding ortho intramolecular Hbond substituents is 2. The Morgan fingerprint density at radius 1 is 0.654 bits per heavy atom. The van der Waals surface area contributed by atoms with E-state index in [-0.39, 0.29) is 59.9 Å². The molecule has 0 radical (unpaired) electrons. The van der Waals surface area contributed by atoms with E-state index in [9.17, 15) is 78.5 Å². The van der Waals surface area contributed by atoms with E-state index >= 15 is 0 Å². The fourth-order valence-electron chi connectivity index (χ4n) is 7.37. The van der Waals surface area contributed by atoms with Crippen LogP contribution in [0.2, 0.25) is 0 Å². The van der Waals surface area contributed by atoms with E-state index in [1.807, 2.05) is 0 Å². The SMILES string of the molecule is CC[C@H](C)[C@H](NC(=O)[C@@H](N)[C@@H](C)O)C(=O)N[C@H](C(=O)N[C@@H](CO)C(=O)N[C@H](C(=O)N[C@@H](Cc1ccc(O)cc1)C(=O)N[C@@H](Cc1ccc(O)cc1)C(=O)N[C@@H](CCCN=C(N)N)C(=O)O)[C@@H](C)OP(=O)([O-])OCC[N+](C)(C)C)[C@@H](C)O. The topological polar surface area (TPSA) is 491 Å². The number of nitrogens with two attached hydrogens (primary N) is 3. The van der Waals surface area contributed by atoms with Gasteiger partial charge in [0, 0.05) is 19.4 Å². The monoisotopic (exact) mass is 1170 g/mol. The van der Waals surface area contributed by atoms with Crippen molar-refractivity contribution in [2.45, 2.75) is 133 Å². The van der Waals surface area contributed by atoms with Crippen LogP contribution < -0.4 is 59.3 Å². The molecule has 0 fully saturated rings. The van der Waals surface area contributed by atoms with Crippen LogP contribution in [0, 0.1) is 5.92 Å². The average molecular weight is 1170 g/mol. The van der Waals surface area contributed by atoms with Gasteiger partial charge in [-0.15, -0.1) is 0 Å². The Morgan fingerprint density at radius 2 is 1.09 bits per heavy atom. The number of nitrogens with zero attached hydrogens (tertiary/aromatic N) is 2. The lowest BCUT2D eigenvalue weighted by Crippen LogP contribution is -2.64. The number of guanidine groups is 1. The Hall–Kier alpha value is -7.02. The summed E-state index contributed by atoms with van der Waals surface area (Å²) in [4.78, 5) is 127. The number of carboxylic acid groups (broad SMARTS) is 1. The number of benzene rings is 2. The summed E-state index contributed by atoms with van der Waals surface area (Å²) >= 11 is 0. The molecule has 0 aliphatic heterocycles. The summed E-state index contributed by atoms with van der Waals surface area (Å²) in [5, 5.41) is 77.4. The van der Waals surface area contributed by atoms with Gasteiger partial charge < -0.3 is 103 Å². The molecule has 1 unspecified atom stereocenters. The quantitative estimate of drug-likeness (QED) is 0.0101. The van der Waals surface area contributed by atoms with Crippen molar-refractivity contribution in [3.8, 4) is 11.5 Å². The van der Waals surface area contributed by atoms with E-state index in [0.717, 1.165) is 13.8 Å². The third kappa shape index (κ3) is 25.1. The van der Waals surface area contributed by atoms with Gasteiger partial charge in [-0.25, -0.2) is 4.79 Å². The minimum absolute atomic E-state index is 0.0134. The standard InChI is InChI=1S/C50H81N12O18P/c1-9-26(2)39(59-45(71)38(51)27(3)64)46(72)60-40(28(4)65)47(73)58-37(25-63)44(70)61-41(29(5)80-81(77,78)79-22-21-62(6,7)8)48(74)57-36(24-31-14-18-33(67)19-15-31)43(69)56-35(23-30-12-16-32(66)17-13-30)42(68)55-34(49(75)76)11-10-20-54-50(52)53/h12-19,26-29,34-41,63-65H,9-11,20-25,51H2,1-8H3,(H14-,52,53,54,55,56,57,58,59,60,61,66,67,68,69,70,71,72,73,74,75,76,77,78)/t26-,27+,28+,29+,34-,35-,36-,37-,38-,39-,40-,41-/m0/s1. The molecular formula is C50H81N12O18P. The number of likely N-dealkylation sites (N-methyl/N-ethyl adjacent to an activating group) is 1. The van der Waals surface area contributed by atoms with Crippen LogP contribution >= 0.6 is 7.82 Å². The van der Waals surface area contributed by atoms with E-state index in [4.69, 9.17) is 26.2 Å². The van der Waals surface area contributed by atoms with Crippen LogP contribution in [0.5, 0.6) is 11.5 Å². The number of carbonyl (C=O) groups excluding carboxylic acids is 7. The number of rotatable bonds is 35. The maximum Gasteiger partial charge on any atom is 0.326 e. The second-order valence-corrected chi connectivity index (χ2v) is 21.8. The van der Waals surface area contributed by atoms with E-state index in [0.29, 0.717) is 12.0 Å². The number of aliphatic carboxylic acids is 1. The average Bonchev–Trinajstić information content (AvgIpc) is 3.39. The molecule has 0 saturated heterocycles. The zero-order chi connectivity index (χ0) is 61.5. The number of carbonyl (C=O) groups is 8. The molecule has 2 rings (SSSR count). The van der Waals surface area contributed by atoms with Crippen LogP contribution in [-0.4, -0.2) is 202 Å². The molecule has 30 nitrogen and oxygen atoms in total. The molecule has 0 bridgehead atoms. The minimum Gasteiger partial charge on any atom is -0.756 e. The van der Waals surface area contributed by atoms with Crippen molar-refractivity contribution in [2.75, 3.05) is 47.4 Å². The molecule has 2 aromatic carbocycles. The lowest BCUT2D eigenvalue weighted by atomic mass is 9.97. The van der Waals surface area contributed by atoms with Crippen molar-refractivity contribution in [3.63, 3.8) is 0 Å². The number of carboxylic acids is 1. The van der Waals surface area contributed by atoms with Gasteiger partial charge in [0.25, 0.3) is 7.82 Å². The zero-order valence-corrected chi connectivity index (χ0v) is 47.5. The number of phosphoric ester groups is 1. The highest BCUT2D eigenvalue weighted by Crippen LogP contribution is 2.40. The fourth-order valence-corrected chi connectivity index (χ4v) is 8.26. The van der Waals surface area contributed by atoms with Gasteiger partial charge in [0.1, 0.15) is 73.0 Å². The smallest absolute Gasteiger partial charge is 0.326 e. The summed E-state index contributed by atoms with van der Waals surface area (Å²) in [6.45, 7) is 5.17. The first kappa shape index (κ1) is 70.1. The highest BCUT2D eigenvalue weighted by molar-refractivity contribution is 7.45. The Kier molecular flexibility index (Phi) is 28.6. The number of aliphatic hydroxyl groups is 3. The van der Waals surface area contributed by atoms with Crippen LogP contribution in [-0.2, 0) is 64.8 Å². The largest absolute Gasteiger partial charge is 0.756 e. The van der Waals surface area contributed by atoms with Crippen LogP contribution in [0.4, 0.5) is 0 Å². The molecule has 31 heteroatoms. The number of aliphatic hydroxyl groups excluding tert-OH is 3. The van der Waals surface area contributed by atoms with Crippen molar-refractivity contribution in [1.29, 1.82) is 0 Å². The fraction of sp³-hybridized carbons (Fsp3) is 0.580. The van der Waals surface area contributed by atoms with Crippen molar-refractivity contribution >= 4 is 61.1 Å². The van der Waals surface area contributed by atoms with Crippen molar-refractivity contribution in [2.24, 2.45) is 28.1 Å². The molecule has 454 valence electrons. The van der Waals surface area contributed by atoms with Gasteiger partial charge in [-0.05, 0) is 74.9 Å². The van der Waals surface area contributed by atoms with Crippen LogP contribution in [0.1, 0.15) is 65.0 Å². The predicted octanol–water partition coefficient (Wildman–Crippen LogP) is -4.86. The van der Waals surface area contributed by atoms with Crippen molar-refractivity contribution in [3.05, 3.63) is 59.7 Å². The molecule has 7 amide bonds. The van der Waals surface area contributed by atoms with E-state index < -0.39 is 147 Å². The van der Waals surface area contributed by atoms with E-state index in [1.54, 1.807) is 35.0 Å². The number of phenols is 2. The summed E-state index contributed by atoms with van der Waals surface area (Å²) in [6.07, 6.45) is -5.46. The molecule has 0 saturated carbocycles. The van der Waals surface area contributed by atoms with E-state index in [2.05, 4.69) is 42.2 Å². The predicted molar refractivity (Wildman–Crippen MR) is 290 cm³/mol. The highest BCUT2D eigenvalue weighted by Gasteiger charge is 2.39. The zero-order valence-electron chi connectivity index (χ0n) is 46.6. The van der Waals surface area contributed by atoms with E-state index in [1.165, 1.54) is 55.5 Å². The van der Waals surface area contributed by atoms with Crippen LogP contribution in [0.15, 0.2) is 53.5 Å². The van der Waals surface area contributed by atoms with Gasteiger partial charge in [-0.2, -0.15) is 0 Å². The van der Waals surface area contributed by atoms with Crippen molar-refractivity contribution < 1.29 is 92.0 Å². The number of amides is 7. The molecule has 0 heterocycles. The Labute approximate surface area is 469 Å². The Bertz CT molecular complexity index is 2500. The molecular weight excluding hydrogens is 1090 g/mol. The first-order chi connectivity index (χ1) is 37.7. The molecule has 0 aliphatic rings. The lowest BCUT2D eigenvalue weighted by molar-refractivity contribution is -0.870. The third-order valence-electron chi connectivity index (χ3n) is 12.4. The lowest BCUT2D eigenvalue weighted by Gasteiger charge is -2.33. The number of hydrogen-bond acceptors (Lipinski definition) is 19. The Morgan fingerprint density at radius 3 is 1.53 bits per heavy atom. The number of aliphatic imine (C=N–C) groups is 1. The van der Waals surface area contributed by atoms with Gasteiger partial charge in [0.15, 0.2) is 5.96 Å². The number of phosphoric acid groups is 1. The summed E-state index contributed by atoms with van der Waals surface area (Å²) in [6, 6.07) is -3.12. The van der Waals surface area contributed by atoms with Crippen molar-refractivity contribution in [1.82, 2.24) is 37.2 Å². The summed E-state index contributed by atoms with van der Waals surface area (Å²) < 4.78 is 23.8. The Balaban J connectivity index is 2.66. The summed E-state index contributed by atoms with van der Waals surface area (Å²) in [7, 11) is -0.134. The highest BCUT2D eigenvalue weighted by atomic mass is 31.2. The number of hydrogen-bond donors (Lipinski definition) is 16. The molecule has 0 aromatic heterocycles. The number of aromatic hydroxyl groups is 2. The minimum atomic E-state index is -5.36. The van der Waals surface area contributed by atoms with Crippen LogP contribution in [0.25, 0.3) is 0 Å². The molecule has 13 atom stereocenters. The molecule has 0 spiro atoms. The van der Waals surface area contributed by atoms with Gasteiger partial charge in [-0.3, -0.25) is 43.1 Å². The second-order valence-electron chi connectivity index (χ2n) is 20.4. The first-order valence-corrected chi connectivity index (χ1v) is 27.3. The van der Waals surface area contributed by atoms with Gasteiger partial charge >= 0.3 is 5.97 Å². The normalized spacial score (nSPS) is 16.7. The number of nitrogens with one attached hydrogen (secondary N) is 7. The summed E-state index contributed by atoms with van der Waals surface area (Å²) in [5.74, 6) is -10.7. The van der Waals surface area contributed by atoms with Gasteiger partial charge in [-0.1, -0.05) is 44.5 Å². The van der Waals surface area contributed by atoms with Gasteiger partial charge in [0.2, 0.25) is 41.4 Å². The maximum absolute atomic E-state index is 14.7. The molecule has 2 aromatic rings. The molecule has 81 heavy (non-hydrogen) atoms. The molecule has 19 N–H and O–H groups in total. The number of quaternary nitrogens is 1. The molecule has 0 aliphatic carbocycles. The third-order valence-corrected chi connectivity index (χ3v) is 13.5. The summed E-state index contributed by atoms with van der Waals surface area (Å²) in [5.41, 5.74) is 17.1. The first-order valence-electron chi connectivity index (χ1n) is 25.8. The second kappa shape index (κ2) is 33.0. The maximum atomic E-state index is 14.7. The van der Waals surface area contributed by atoms with Gasteiger partial charge in [0.05, 0.1) is 46.1 Å².